The van der Waals surface area contributed by atoms with E-state index in [4.69, 9.17) is 5.73 Å². The van der Waals surface area contributed by atoms with Crippen molar-refractivity contribution in [2.45, 2.75) is 6.18 Å². The number of anilines is 1. The standard InChI is InChI=1S/C9H5F3N4O2S/c10-9(11,12)8-14-3-5(19-8)7-4(16(17)18)1-2-6(13)15-7/h1-3H,(H2,13,15). The first-order valence-electron chi connectivity index (χ1n) is 4.73. The summed E-state index contributed by atoms with van der Waals surface area (Å²) < 4.78 is 37.3. The van der Waals surface area contributed by atoms with E-state index in [9.17, 15) is 23.3 Å². The first-order valence-corrected chi connectivity index (χ1v) is 5.55. The maximum absolute atomic E-state index is 12.4. The molecule has 2 aromatic rings. The van der Waals surface area contributed by atoms with Crippen LogP contribution in [0.1, 0.15) is 5.01 Å². The summed E-state index contributed by atoms with van der Waals surface area (Å²) in [6.45, 7) is 0. The van der Waals surface area contributed by atoms with Gasteiger partial charge in [0.05, 0.1) is 9.80 Å². The Morgan fingerprint density at radius 3 is 2.58 bits per heavy atom. The molecule has 100 valence electrons. The van der Waals surface area contributed by atoms with Crippen molar-refractivity contribution in [3.63, 3.8) is 0 Å². The van der Waals surface area contributed by atoms with Gasteiger partial charge in [-0.15, -0.1) is 11.3 Å². The summed E-state index contributed by atoms with van der Waals surface area (Å²) in [6.07, 6.45) is -3.71. The Morgan fingerprint density at radius 2 is 2.05 bits per heavy atom. The predicted octanol–water partition coefficient (Wildman–Crippen LogP) is 2.71. The molecule has 0 spiro atoms. The molecule has 0 aliphatic heterocycles. The lowest BCUT2D eigenvalue weighted by molar-refractivity contribution is -0.384. The van der Waals surface area contributed by atoms with Crippen molar-refractivity contribution in [1.82, 2.24) is 9.97 Å². The van der Waals surface area contributed by atoms with Crippen LogP contribution in [0.15, 0.2) is 18.3 Å². The van der Waals surface area contributed by atoms with Crippen molar-refractivity contribution >= 4 is 22.8 Å². The minimum atomic E-state index is -4.60. The average Bonchev–Trinajstić information content (AvgIpc) is 2.77. The van der Waals surface area contributed by atoms with Crippen molar-refractivity contribution in [2.24, 2.45) is 0 Å². The second kappa shape index (κ2) is 4.46. The number of alkyl halides is 3. The number of thiazole rings is 1. The van der Waals surface area contributed by atoms with E-state index in [1.54, 1.807) is 0 Å². The normalized spacial score (nSPS) is 11.5. The number of nitrogen functional groups attached to an aromatic ring is 1. The van der Waals surface area contributed by atoms with Gasteiger partial charge in [0.25, 0.3) is 5.69 Å². The number of aromatic nitrogens is 2. The van der Waals surface area contributed by atoms with Gasteiger partial charge in [-0.3, -0.25) is 10.1 Å². The second-order valence-electron chi connectivity index (χ2n) is 3.39. The van der Waals surface area contributed by atoms with Gasteiger partial charge in [0, 0.05) is 12.3 Å². The second-order valence-corrected chi connectivity index (χ2v) is 4.42. The molecule has 0 unspecified atom stereocenters. The SMILES string of the molecule is Nc1ccc([N+](=O)[O-])c(-c2cnc(C(F)(F)F)s2)n1. The molecule has 0 aromatic carbocycles. The Hall–Kier alpha value is -2.23. The topological polar surface area (TPSA) is 94.9 Å². The highest BCUT2D eigenvalue weighted by molar-refractivity contribution is 7.15. The van der Waals surface area contributed by atoms with Crippen LogP contribution in [0.3, 0.4) is 0 Å². The molecule has 0 bridgehead atoms. The number of nitrogens with two attached hydrogens (primary N) is 1. The minimum absolute atomic E-state index is 0.0254. The Kier molecular flexibility index (Phi) is 3.10. The Labute approximate surface area is 107 Å². The van der Waals surface area contributed by atoms with E-state index in [0.717, 1.165) is 12.3 Å². The zero-order valence-electron chi connectivity index (χ0n) is 9.01. The number of nitrogens with zero attached hydrogens (tertiary/aromatic N) is 3. The molecular formula is C9H5F3N4O2S. The lowest BCUT2D eigenvalue weighted by atomic mass is 10.2. The smallest absolute Gasteiger partial charge is 0.384 e. The summed E-state index contributed by atoms with van der Waals surface area (Å²) in [5.41, 5.74) is 4.74. The van der Waals surface area contributed by atoms with Gasteiger partial charge < -0.3 is 5.73 Å². The van der Waals surface area contributed by atoms with Crippen LogP contribution in [-0.2, 0) is 6.18 Å². The van der Waals surface area contributed by atoms with Crippen molar-refractivity contribution in [3.8, 4) is 10.6 Å². The molecule has 2 rings (SSSR count). The largest absolute Gasteiger partial charge is 0.443 e. The van der Waals surface area contributed by atoms with E-state index >= 15 is 0 Å². The summed E-state index contributed by atoms with van der Waals surface area (Å²) >= 11 is 0.275. The molecule has 0 saturated heterocycles. The van der Waals surface area contributed by atoms with Crippen LogP contribution in [0.25, 0.3) is 10.6 Å². The van der Waals surface area contributed by atoms with Gasteiger partial charge in [-0.25, -0.2) is 9.97 Å². The Balaban J connectivity index is 2.55. The first kappa shape index (κ1) is 13.2. The van der Waals surface area contributed by atoms with Gasteiger partial charge in [-0.2, -0.15) is 13.2 Å². The zero-order valence-corrected chi connectivity index (χ0v) is 9.83. The molecule has 2 aromatic heterocycles. The van der Waals surface area contributed by atoms with Crippen LogP contribution in [0.5, 0.6) is 0 Å². The van der Waals surface area contributed by atoms with Crippen molar-refractivity contribution < 1.29 is 18.1 Å². The van der Waals surface area contributed by atoms with Gasteiger partial charge in [-0.05, 0) is 6.07 Å². The number of halogens is 3. The maximum Gasteiger partial charge on any atom is 0.443 e. The number of nitro groups is 1. The molecule has 10 heteroatoms. The van der Waals surface area contributed by atoms with Gasteiger partial charge in [0.2, 0.25) is 0 Å². The highest BCUT2D eigenvalue weighted by Crippen LogP contribution is 2.38. The number of pyridine rings is 1. The third-order valence-corrected chi connectivity index (χ3v) is 3.12. The number of rotatable bonds is 2. The van der Waals surface area contributed by atoms with Crippen molar-refractivity contribution in [2.75, 3.05) is 5.73 Å². The van der Waals surface area contributed by atoms with E-state index in [0.29, 0.717) is 0 Å². The highest BCUT2D eigenvalue weighted by atomic mass is 32.1. The van der Waals surface area contributed by atoms with E-state index in [1.807, 2.05) is 0 Å². The first-order chi connectivity index (χ1) is 8.79. The molecule has 6 nitrogen and oxygen atoms in total. The fraction of sp³-hybridized carbons (Fsp3) is 0.111. The lowest BCUT2D eigenvalue weighted by Crippen LogP contribution is -2.02. The monoisotopic (exact) mass is 290 g/mol. The molecule has 0 radical (unpaired) electrons. The predicted molar refractivity (Wildman–Crippen MR) is 61.4 cm³/mol. The van der Waals surface area contributed by atoms with Crippen LogP contribution in [0, 0.1) is 10.1 Å². The molecule has 0 fully saturated rings. The lowest BCUT2D eigenvalue weighted by Gasteiger charge is -2.01. The van der Waals surface area contributed by atoms with Crippen LogP contribution in [0.4, 0.5) is 24.7 Å². The zero-order chi connectivity index (χ0) is 14.2. The minimum Gasteiger partial charge on any atom is -0.384 e. The summed E-state index contributed by atoms with van der Waals surface area (Å²) in [5.74, 6) is -0.0254. The molecule has 0 atom stereocenters. The van der Waals surface area contributed by atoms with Crippen LogP contribution in [-0.4, -0.2) is 14.9 Å². The highest BCUT2D eigenvalue weighted by Gasteiger charge is 2.35. The summed E-state index contributed by atoms with van der Waals surface area (Å²) in [7, 11) is 0. The van der Waals surface area contributed by atoms with E-state index in [-0.39, 0.29) is 27.7 Å². The molecule has 19 heavy (non-hydrogen) atoms. The number of hydrogen-bond acceptors (Lipinski definition) is 6. The third kappa shape index (κ3) is 2.62. The maximum atomic E-state index is 12.4. The van der Waals surface area contributed by atoms with E-state index in [2.05, 4.69) is 9.97 Å². The van der Waals surface area contributed by atoms with E-state index < -0.39 is 21.8 Å². The van der Waals surface area contributed by atoms with Crippen molar-refractivity contribution in [1.29, 1.82) is 0 Å². The van der Waals surface area contributed by atoms with Crippen LogP contribution < -0.4 is 5.73 Å². The molecule has 0 amide bonds. The van der Waals surface area contributed by atoms with E-state index in [1.165, 1.54) is 6.07 Å². The quantitative estimate of drug-likeness (QED) is 0.677. The summed E-state index contributed by atoms with van der Waals surface area (Å²) in [5, 5.41) is 9.70. The van der Waals surface area contributed by atoms with Crippen LogP contribution >= 0.6 is 11.3 Å². The molecule has 2 N–H and O–H groups in total. The summed E-state index contributed by atoms with van der Waals surface area (Å²) in [6, 6.07) is 2.29. The molecule has 0 aliphatic rings. The van der Waals surface area contributed by atoms with Gasteiger partial charge in [-0.1, -0.05) is 0 Å². The van der Waals surface area contributed by atoms with Gasteiger partial charge in [0.1, 0.15) is 5.82 Å². The van der Waals surface area contributed by atoms with Crippen molar-refractivity contribution in [3.05, 3.63) is 33.5 Å². The van der Waals surface area contributed by atoms with Gasteiger partial charge in [0.15, 0.2) is 10.7 Å². The number of hydrogen-bond donors (Lipinski definition) is 1. The fourth-order valence-corrected chi connectivity index (χ4v) is 2.09. The average molecular weight is 290 g/mol. The Bertz CT molecular complexity index is 641. The fourth-order valence-electron chi connectivity index (χ4n) is 1.31. The molecule has 0 saturated carbocycles. The third-order valence-electron chi connectivity index (χ3n) is 2.07. The van der Waals surface area contributed by atoms with Crippen LogP contribution in [0.2, 0.25) is 0 Å². The van der Waals surface area contributed by atoms with Gasteiger partial charge >= 0.3 is 6.18 Å². The molecule has 0 aliphatic carbocycles. The molecule has 2 heterocycles. The summed E-state index contributed by atoms with van der Waals surface area (Å²) in [4.78, 5) is 16.9. The Morgan fingerprint density at radius 1 is 1.37 bits per heavy atom. The molecular weight excluding hydrogens is 285 g/mol.